The van der Waals surface area contributed by atoms with Crippen LogP contribution in [0.4, 0.5) is 0 Å². The van der Waals surface area contributed by atoms with Crippen molar-refractivity contribution in [3.8, 4) is 5.75 Å². The van der Waals surface area contributed by atoms with Crippen molar-refractivity contribution in [3.63, 3.8) is 0 Å². The number of methoxy groups -OCH3 is 2. The topological polar surface area (TPSA) is 38.7 Å². The van der Waals surface area contributed by atoms with Gasteiger partial charge in [0, 0.05) is 13.0 Å². The normalized spacial score (nSPS) is 14.5. The highest BCUT2D eigenvalue weighted by Gasteiger charge is 2.14. The molecule has 0 aliphatic rings. The summed E-state index contributed by atoms with van der Waals surface area (Å²) in [6.45, 7) is 2.56. The highest BCUT2D eigenvalue weighted by Crippen LogP contribution is 2.16. The van der Waals surface area contributed by atoms with E-state index in [-0.39, 0.29) is 12.0 Å². The first-order valence-corrected chi connectivity index (χ1v) is 5.47. The van der Waals surface area contributed by atoms with Crippen molar-refractivity contribution in [2.75, 3.05) is 20.8 Å². The molecule has 90 valence electrons. The number of hydrogen-bond acceptors (Lipinski definition) is 3. The number of aliphatic hydroxyl groups excluding tert-OH is 1. The zero-order valence-corrected chi connectivity index (χ0v) is 10.1. The van der Waals surface area contributed by atoms with Crippen LogP contribution in [0.25, 0.3) is 0 Å². The maximum atomic E-state index is 9.95. The van der Waals surface area contributed by atoms with Crippen molar-refractivity contribution in [2.24, 2.45) is 5.92 Å². The van der Waals surface area contributed by atoms with E-state index in [1.807, 2.05) is 31.2 Å². The molecule has 0 bridgehead atoms. The predicted octanol–water partition coefficient (Wildman–Crippen LogP) is 1.88. The van der Waals surface area contributed by atoms with Crippen LogP contribution in [0.5, 0.6) is 5.75 Å². The molecule has 2 unspecified atom stereocenters. The molecule has 0 aromatic heterocycles. The highest BCUT2D eigenvalue weighted by atomic mass is 16.5. The number of ether oxygens (including phenoxy) is 2. The summed E-state index contributed by atoms with van der Waals surface area (Å²) in [5, 5.41) is 9.95. The van der Waals surface area contributed by atoms with Crippen molar-refractivity contribution >= 4 is 0 Å². The fourth-order valence-electron chi connectivity index (χ4n) is 1.62. The minimum Gasteiger partial charge on any atom is -0.497 e. The summed E-state index contributed by atoms with van der Waals surface area (Å²) in [6, 6.07) is 7.77. The average molecular weight is 224 g/mol. The van der Waals surface area contributed by atoms with Crippen LogP contribution in [0, 0.1) is 5.92 Å². The van der Waals surface area contributed by atoms with Crippen LogP contribution in [-0.2, 0) is 11.2 Å². The summed E-state index contributed by atoms with van der Waals surface area (Å²) in [6.07, 6.45) is 0.244. The molecule has 0 saturated heterocycles. The SMILES string of the molecule is COCC(C)C(O)Cc1cccc(OC)c1. The van der Waals surface area contributed by atoms with E-state index in [1.165, 1.54) is 0 Å². The lowest BCUT2D eigenvalue weighted by Crippen LogP contribution is -2.24. The Morgan fingerprint density at radius 3 is 2.69 bits per heavy atom. The van der Waals surface area contributed by atoms with Gasteiger partial charge < -0.3 is 14.6 Å². The molecule has 3 nitrogen and oxygen atoms in total. The Morgan fingerprint density at radius 2 is 2.06 bits per heavy atom. The van der Waals surface area contributed by atoms with Gasteiger partial charge in [0.15, 0.2) is 0 Å². The monoisotopic (exact) mass is 224 g/mol. The standard InChI is InChI=1S/C13H20O3/c1-10(9-15-2)13(14)8-11-5-4-6-12(7-11)16-3/h4-7,10,13-14H,8-9H2,1-3H3. The van der Waals surface area contributed by atoms with E-state index >= 15 is 0 Å². The predicted molar refractivity (Wildman–Crippen MR) is 63.7 cm³/mol. The molecule has 2 atom stereocenters. The number of aliphatic hydroxyl groups is 1. The molecule has 0 heterocycles. The number of rotatable bonds is 6. The van der Waals surface area contributed by atoms with Crippen LogP contribution in [0.2, 0.25) is 0 Å². The molecule has 0 saturated carbocycles. The van der Waals surface area contributed by atoms with Gasteiger partial charge in [-0.2, -0.15) is 0 Å². The molecule has 16 heavy (non-hydrogen) atoms. The van der Waals surface area contributed by atoms with Crippen LogP contribution >= 0.6 is 0 Å². The van der Waals surface area contributed by atoms with Crippen LogP contribution in [-0.4, -0.2) is 32.0 Å². The summed E-state index contributed by atoms with van der Waals surface area (Å²) >= 11 is 0. The minimum atomic E-state index is -0.382. The largest absolute Gasteiger partial charge is 0.497 e. The first-order chi connectivity index (χ1) is 7.67. The van der Waals surface area contributed by atoms with Crippen LogP contribution in [0.15, 0.2) is 24.3 Å². The highest BCUT2D eigenvalue weighted by molar-refractivity contribution is 5.28. The Kier molecular flexibility index (Phi) is 5.29. The third-order valence-electron chi connectivity index (χ3n) is 2.67. The molecule has 0 aliphatic heterocycles. The molecule has 3 heteroatoms. The van der Waals surface area contributed by atoms with Crippen molar-refractivity contribution in [2.45, 2.75) is 19.4 Å². The van der Waals surface area contributed by atoms with Gasteiger partial charge in [-0.05, 0) is 24.1 Å². The van der Waals surface area contributed by atoms with E-state index in [2.05, 4.69) is 0 Å². The smallest absolute Gasteiger partial charge is 0.119 e. The number of benzene rings is 1. The lowest BCUT2D eigenvalue weighted by Gasteiger charge is -2.18. The minimum absolute atomic E-state index is 0.135. The summed E-state index contributed by atoms with van der Waals surface area (Å²) in [5.74, 6) is 0.959. The quantitative estimate of drug-likeness (QED) is 0.802. The average Bonchev–Trinajstić information content (AvgIpc) is 2.29. The molecular weight excluding hydrogens is 204 g/mol. The fraction of sp³-hybridized carbons (Fsp3) is 0.538. The lowest BCUT2D eigenvalue weighted by molar-refractivity contribution is 0.0574. The van der Waals surface area contributed by atoms with Gasteiger partial charge in [0.25, 0.3) is 0 Å². The third kappa shape index (κ3) is 3.83. The number of hydrogen-bond donors (Lipinski definition) is 1. The van der Waals surface area contributed by atoms with E-state index < -0.39 is 0 Å². The Balaban J connectivity index is 2.58. The Bertz CT molecular complexity index is 312. The summed E-state index contributed by atoms with van der Waals surface area (Å²) < 4.78 is 10.2. The van der Waals surface area contributed by atoms with Crippen molar-refractivity contribution < 1.29 is 14.6 Å². The van der Waals surface area contributed by atoms with Crippen LogP contribution in [0.1, 0.15) is 12.5 Å². The van der Waals surface area contributed by atoms with Crippen molar-refractivity contribution in [1.82, 2.24) is 0 Å². The summed E-state index contributed by atoms with van der Waals surface area (Å²) in [5.41, 5.74) is 1.08. The van der Waals surface area contributed by atoms with Gasteiger partial charge in [-0.1, -0.05) is 19.1 Å². The van der Waals surface area contributed by atoms with Crippen LogP contribution in [0.3, 0.4) is 0 Å². The summed E-state index contributed by atoms with van der Waals surface area (Å²) in [7, 11) is 3.29. The van der Waals surface area contributed by atoms with E-state index in [9.17, 15) is 5.11 Å². The maximum Gasteiger partial charge on any atom is 0.119 e. The van der Waals surface area contributed by atoms with Crippen LogP contribution < -0.4 is 4.74 Å². The lowest BCUT2D eigenvalue weighted by atomic mass is 9.98. The van der Waals surface area contributed by atoms with E-state index in [0.29, 0.717) is 13.0 Å². The molecule has 1 aromatic rings. The fourth-order valence-corrected chi connectivity index (χ4v) is 1.62. The second-order valence-electron chi connectivity index (χ2n) is 4.06. The second kappa shape index (κ2) is 6.51. The molecule has 0 radical (unpaired) electrons. The Morgan fingerprint density at radius 1 is 1.31 bits per heavy atom. The van der Waals surface area contributed by atoms with E-state index in [4.69, 9.17) is 9.47 Å². The van der Waals surface area contributed by atoms with E-state index in [0.717, 1.165) is 11.3 Å². The molecule has 0 spiro atoms. The van der Waals surface area contributed by atoms with Gasteiger partial charge in [0.1, 0.15) is 5.75 Å². The van der Waals surface area contributed by atoms with Gasteiger partial charge in [-0.3, -0.25) is 0 Å². The molecule has 0 amide bonds. The molecule has 1 aromatic carbocycles. The first kappa shape index (κ1) is 13.0. The molecule has 1 N–H and O–H groups in total. The van der Waals surface area contributed by atoms with Gasteiger partial charge in [0.05, 0.1) is 19.8 Å². The Labute approximate surface area is 97.0 Å². The molecule has 0 aliphatic carbocycles. The van der Waals surface area contributed by atoms with Gasteiger partial charge >= 0.3 is 0 Å². The first-order valence-electron chi connectivity index (χ1n) is 5.47. The Hall–Kier alpha value is -1.06. The molecule has 0 fully saturated rings. The molecular formula is C13H20O3. The molecule has 1 rings (SSSR count). The maximum absolute atomic E-state index is 9.95. The second-order valence-corrected chi connectivity index (χ2v) is 4.06. The van der Waals surface area contributed by atoms with Crippen molar-refractivity contribution in [3.05, 3.63) is 29.8 Å². The van der Waals surface area contributed by atoms with Gasteiger partial charge in [-0.25, -0.2) is 0 Å². The van der Waals surface area contributed by atoms with Gasteiger partial charge in [-0.15, -0.1) is 0 Å². The zero-order chi connectivity index (χ0) is 12.0. The third-order valence-corrected chi connectivity index (χ3v) is 2.67. The zero-order valence-electron chi connectivity index (χ0n) is 10.1. The van der Waals surface area contributed by atoms with Gasteiger partial charge in [0.2, 0.25) is 0 Å². The van der Waals surface area contributed by atoms with E-state index in [1.54, 1.807) is 14.2 Å². The summed E-state index contributed by atoms with van der Waals surface area (Å²) in [4.78, 5) is 0. The van der Waals surface area contributed by atoms with Crippen molar-refractivity contribution in [1.29, 1.82) is 0 Å².